The average molecular weight is 583 g/mol. The summed E-state index contributed by atoms with van der Waals surface area (Å²) in [6, 6.07) is 13.2. The lowest BCUT2D eigenvalue weighted by molar-refractivity contribution is -0.143. The van der Waals surface area contributed by atoms with Crippen LogP contribution in [-0.2, 0) is 20.9 Å². The van der Waals surface area contributed by atoms with Gasteiger partial charge in [-0.05, 0) is 50.1 Å². The monoisotopic (exact) mass is 581 g/mol. The number of carbonyl (C=O) groups is 2. The Bertz CT molecular complexity index is 1090. The average Bonchev–Trinajstić information content (AvgIpc) is 3.06. The molecule has 5 nitrogen and oxygen atoms in total. The number of ether oxygens (including phenoxy) is 2. The number of benzene rings is 2. The molecule has 1 fully saturated rings. The van der Waals surface area contributed by atoms with Gasteiger partial charge in [0.25, 0.3) is 5.91 Å². The molecule has 0 spiro atoms. The third kappa shape index (κ3) is 7.57. The summed E-state index contributed by atoms with van der Waals surface area (Å²) in [6.07, 6.45) is 4.52. The molecule has 1 amide bonds. The Hall–Kier alpha value is -1.87. The van der Waals surface area contributed by atoms with Gasteiger partial charge in [-0.3, -0.25) is 14.5 Å². The molecule has 9 heteroatoms. The molecular weight excluding hydrogens is 558 g/mol. The molecule has 34 heavy (non-hydrogen) atoms. The molecule has 0 aromatic heterocycles. The highest BCUT2D eigenvalue weighted by atomic mass is 79.9. The van der Waals surface area contributed by atoms with Gasteiger partial charge in [-0.1, -0.05) is 76.1 Å². The minimum atomic E-state index is -0.183. The number of amides is 1. The molecule has 0 aliphatic carbocycles. The second kappa shape index (κ2) is 13.3. The maximum atomic E-state index is 13.0. The molecule has 0 atom stereocenters. The van der Waals surface area contributed by atoms with Crippen LogP contribution in [0.3, 0.4) is 0 Å². The van der Waals surface area contributed by atoms with Crippen LogP contribution in [0, 0.1) is 0 Å². The van der Waals surface area contributed by atoms with Crippen molar-refractivity contribution in [3.05, 3.63) is 68.0 Å². The van der Waals surface area contributed by atoms with Crippen LogP contribution in [0.15, 0.2) is 51.8 Å². The van der Waals surface area contributed by atoms with Gasteiger partial charge in [0.15, 0.2) is 0 Å². The quantitative estimate of drug-likeness (QED) is 0.123. The highest BCUT2D eigenvalue weighted by Crippen LogP contribution is 2.35. The number of rotatable bonds is 11. The number of unbranched alkanes of at least 4 members (excludes halogenated alkanes) is 2. The van der Waals surface area contributed by atoms with Crippen LogP contribution in [0.1, 0.15) is 43.7 Å². The van der Waals surface area contributed by atoms with Crippen molar-refractivity contribution in [2.45, 2.75) is 39.2 Å². The van der Waals surface area contributed by atoms with Gasteiger partial charge in [-0.15, -0.1) is 0 Å². The number of halogens is 2. The van der Waals surface area contributed by atoms with E-state index in [-0.39, 0.29) is 11.9 Å². The normalized spacial score (nSPS) is 14.7. The van der Waals surface area contributed by atoms with E-state index in [1.54, 1.807) is 11.8 Å². The molecule has 0 saturated carbocycles. The molecule has 1 heterocycles. The first-order chi connectivity index (χ1) is 16.4. The highest BCUT2D eigenvalue weighted by molar-refractivity contribution is 9.10. The molecule has 180 valence electrons. The van der Waals surface area contributed by atoms with Gasteiger partial charge in [0.05, 0.1) is 11.5 Å². The zero-order valence-corrected chi connectivity index (χ0v) is 22.7. The van der Waals surface area contributed by atoms with Gasteiger partial charge in [0, 0.05) is 33.6 Å². The van der Waals surface area contributed by atoms with Gasteiger partial charge in [-0.2, -0.15) is 0 Å². The molecule has 0 radical (unpaired) electrons. The Morgan fingerprint density at radius 3 is 2.76 bits per heavy atom. The molecule has 1 aliphatic rings. The molecule has 0 N–H and O–H groups in total. The predicted molar refractivity (Wildman–Crippen MR) is 145 cm³/mol. The van der Waals surface area contributed by atoms with Crippen molar-refractivity contribution in [3.63, 3.8) is 0 Å². The smallest absolute Gasteiger partial charge is 0.305 e. The fourth-order valence-electron chi connectivity index (χ4n) is 3.32. The van der Waals surface area contributed by atoms with Crippen molar-refractivity contribution in [1.82, 2.24) is 4.90 Å². The van der Waals surface area contributed by atoms with Crippen molar-refractivity contribution in [1.29, 1.82) is 0 Å². The Kier molecular flexibility index (Phi) is 10.4. The van der Waals surface area contributed by atoms with E-state index >= 15 is 0 Å². The van der Waals surface area contributed by atoms with Crippen molar-refractivity contribution < 1.29 is 19.1 Å². The van der Waals surface area contributed by atoms with Crippen LogP contribution < -0.4 is 4.74 Å². The summed E-state index contributed by atoms with van der Waals surface area (Å²) in [5.74, 6) is 0.349. The molecule has 1 aliphatic heterocycles. The van der Waals surface area contributed by atoms with Gasteiger partial charge in [0.2, 0.25) is 0 Å². The van der Waals surface area contributed by atoms with Crippen molar-refractivity contribution in [2.24, 2.45) is 0 Å². The van der Waals surface area contributed by atoms with Crippen LogP contribution >= 0.6 is 51.5 Å². The van der Waals surface area contributed by atoms with Crippen LogP contribution in [0.25, 0.3) is 6.08 Å². The number of thioether (sulfide) groups is 1. The second-order valence-corrected chi connectivity index (χ2v) is 10.5. The molecule has 0 bridgehead atoms. The minimum Gasteiger partial charge on any atom is -0.488 e. The van der Waals surface area contributed by atoms with E-state index in [1.165, 1.54) is 11.8 Å². The summed E-state index contributed by atoms with van der Waals surface area (Å²) in [4.78, 5) is 26.6. The summed E-state index contributed by atoms with van der Waals surface area (Å²) in [7, 11) is 0. The van der Waals surface area contributed by atoms with E-state index in [9.17, 15) is 9.59 Å². The van der Waals surface area contributed by atoms with Crippen molar-refractivity contribution in [3.8, 4) is 5.75 Å². The fourth-order valence-corrected chi connectivity index (χ4v) is 5.19. The first kappa shape index (κ1) is 26.7. The minimum absolute atomic E-state index is 0.113. The summed E-state index contributed by atoms with van der Waals surface area (Å²) in [5.41, 5.74) is 1.66. The van der Waals surface area contributed by atoms with Gasteiger partial charge in [-0.25, -0.2) is 0 Å². The van der Waals surface area contributed by atoms with Crippen LogP contribution in [0.4, 0.5) is 0 Å². The van der Waals surface area contributed by atoms with E-state index in [4.69, 9.17) is 33.3 Å². The van der Waals surface area contributed by atoms with Crippen LogP contribution in [0.5, 0.6) is 5.75 Å². The van der Waals surface area contributed by atoms with Gasteiger partial charge >= 0.3 is 5.97 Å². The summed E-state index contributed by atoms with van der Waals surface area (Å²) >= 11 is 16.5. The summed E-state index contributed by atoms with van der Waals surface area (Å²) in [6.45, 7) is 3.03. The predicted octanol–water partition coefficient (Wildman–Crippen LogP) is 7.01. The molecule has 0 unspecified atom stereocenters. The highest BCUT2D eigenvalue weighted by Gasteiger charge is 2.31. The number of hydrogen-bond donors (Lipinski definition) is 0. The number of carbonyl (C=O) groups excluding carboxylic acids is 2. The Labute approximate surface area is 222 Å². The lowest BCUT2D eigenvalue weighted by atomic mass is 10.1. The maximum absolute atomic E-state index is 13.0. The van der Waals surface area contributed by atoms with E-state index in [2.05, 4.69) is 15.9 Å². The molecule has 3 rings (SSSR count). The number of hydrogen-bond acceptors (Lipinski definition) is 6. The van der Waals surface area contributed by atoms with Crippen molar-refractivity contribution in [2.75, 3.05) is 13.2 Å². The summed E-state index contributed by atoms with van der Waals surface area (Å²) < 4.78 is 12.4. The third-order valence-corrected chi connectivity index (χ3v) is 7.28. The largest absolute Gasteiger partial charge is 0.488 e. The number of thiocarbonyl (C=S) groups is 1. The van der Waals surface area contributed by atoms with Crippen molar-refractivity contribution >= 4 is 73.8 Å². The zero-order chi connectivity index (χ0) is 24.5. The van der Waals surface area contributed by atoms with E-state index in [1.807, 2.05) is 48.5 Å². The Morgan fingerprint density at radius 1 is 1.21 bits per heavy atom. The van der Waals surface area contributed by atoms with E-state index in [0.717, 1.165) is 34.9 Å². The first-order valence-corrected chi connectivity index (χ1v) is 13.4. The second-order valence-electron chi connectivity index (χ2n) is 7.51. The maximum Gasteiger partial charge on any atom is 0.305 e. The number of esters is 1. The third-order valence-electron chi connectivity index (χ3n) is 5.04. The molecular formula is C25H25BrClNO4S2. The summed E-state index contributed by atoms with van der Waals surface area (Å²) in [5, 5.41) is 0.643. The molecule has 1 saturated heterocycles. The van der Waals surface area contributed by atoms with Gasteiger partial charge in [0.1, 0.15) is 16.7 Å². The van der Waals surface area contributed by atoms with E-state index in [0.29, 0.717) is 46.2 Å². The molecule has 2 aromatic carbocycles. The number of nitrogens with zero attached hydrogens (tertiary/aromatic N) is 1. The lowest BCUT2D eigenvalue weighted by Gasteiger charge is -2.14. The topological polar surface area (TPSA) is 55.8 Å². The molecule has 2 aromatic rings. The standard InChI is InChI=1S/C25H25BrClNO4S2/c1-2-31-23(29)10-4-3-7-13-28-24(30)22(34-25(28)33)15-18-14-19(26)11-12-21(18)32-16-17-8-5-6-9-20(17)27/h5-6,8-9,11-12,14-15H,2-4,7,10,13,16H2,1H3/b22-15+. The SMILES string of the molecule is CCOC(=O)CCCCCN1C(=O)/C(=C\c2cc(Br)ccc2OCc2ccccc2Cl)SC1=S. The Morgan fingerprint density at radius 2 is 2.00 bits per heavy atom. The lowest BCUT2D eigenvalue weighted by Crippen LogP contribution is -2.29. The zero-order valence-electron chi connectivity index (χ0n) is 18.7. The first-order valence-electron chi connectivity index (χ1n) is 11.0. The van der Waals surface area contributed by atoms with Crippen LogP contribution in [0.2, 0.25) is 5.02 Å². The Balaban J connectivity index is 1.63. The van der Waals surface area contributed by atoms with Gasteiger partial charge < -0.3 is 9.47 Å². The fraction of sp³-hybridized carbons (Fsp3) is 0.320. The van der Waals surface area contributed by atoms with Crippen LogP contribution in [-0.4, -0.2) is 34.2 Å². The van der Waals surface area contributed by atoms with E-state index < -0.39 is 0 Å².